The van der Waals surface area contributed by atoms with E-state index in [0.29, 0.717) is 60.7 Å². The van der Waals surface area contributed by atoms with Gasteiger partial charge in [-0.05, 0) is 84.8 Å². The predicted octanol–water partition coefficient (Wildman–Crippen LogP) is 5.12. The Balaban J connectivity index is 1.13. The van der Waals surface area contributed by atoms with Crippen molar-refractivity contribution >= 4 is 70.4 Å². The normalized spacial score (nSPS) is 25.7. The lowest BCUT2D eigenvalue weighted by Gasteiger charge is -2.39. The van der Waals surface area contributed by atoms with Crippen LogP contribution in [0, 0.1) is 49.4 Å². The number of rotatable bonds is 15. The molecule has 7 atom stereocenters. The molecule has 13 heteroatoms. The standard InChI is InChI=1S/C50H60N5O8/c1-12-15-30(57)20-29(47(60)63-49(8,9)10)16-14-19-51-39(58)18-17-32-25(4)34-21-35-26(5)40(28(7)56)38-23-33-24(3)31(13-2)37-22-36-27(6)41-45-42(43(46(41)59)48(61)62-11)44(32)54(34)50(52(33)37,53(35)38)55(36)45/h21-25,29,31-32,43H,12-20H2,1-11H3/q+1/p+1/t24-,25+,29-,31-,32+,43?,50+/m1/s1. The molecule has 1 spiro atoms. The zero-order chi connectivity index (χ0) is 45.3. The Morgan fingerprint density at radius 1 is 0.921 bits per heavy atom. The van der Waals surface area contributed by atoms with Gasteiger partial charge in [0.2, 0.25) is 11.6 Å². The number of ether oxygens (including phenoxy) is 2. The fourth-order valence-electron chi connectivity index (χ4n) is 12.3. The average Bonchev–Trinajstić information content (AvgIpc) is 3.95. The zero-order valence-electron chi connectivity index (χ0n) is 38.6. The number of carbonyl (C=O) groups is 6. The summed E-state index contributed by atoms with van der Waals surface area (Å²) >= 11 is 0. The highest BCUT2D eigenvalue weighted by Gasteiger charge is 2.77. The van der Waals surface area contributed by atoms with Gasteiger partial charge in [-0.25, -0.2) is 0 Å². The fourth-order valence-corrected chi connectivity index (χ4v) is 12.3. The van der Waals surface area contributed by atoms with Gasteiger partial charge in [0.1, 0.15) is 11.4 Å². The van der Waals surface area contributed by atoms with Crippen molar-refractivity contribution in [3.8, 4) is 0 Å². The molecule has 9 rings (SSSR count). The van der Waals surface area contributed by atoms with Gasteiger partial charge in [0.15, 0.2) is 34.6 Å². The highest BCUT2D eigenvalue weighted by atomic mass is 16.6. The third-order valence-electron chi connectivity index (χ3n) is 14.9. The molecule has 0 radical (unpaired) electrons. The second-order valence-electron chi connectivity index (χ2n) is 19.8. The van der Waals surface area contributed by atoms with Crippen LogP contribution in [-0.2, 0) is 34.6 Å². The Morgan fingerprint density at radius 3 is 2.25 bits per heavy atom. The van der Waals surface area contributed by atoms with Gasteiger partial charge in [0.05, 0.1) is 64.4 Å². The Morgan fingerprint density at radius 2 is 1.60 bits per heavy atom. The molecule has 0 saturated carbocycles. The summed E-state index contributed by atoms with van der Waals surface area (Å²) in [6, 6.07) is 0. The maximum absolute atomic E-state index is 14.9. The Hall–Kier alpha value is -5.46. The van der Waals surface area contributed by atoms with E-state index in [0.717, 1.165) is 57.1 Å². The number of nitrogens with one attached hydrogen (secondary N) is 1. The van der Waals surface area contributed by atoms with Crippen molar-refractivity contribution in [3.05, 3.63) is 55.7 Å². The average molecular weight is 860 g/mol. The van der Waals surface area contributed by atoms with E-state index in [4.69, 9.17) is 9.47 Å². The van der Waals surface area contributed by atoms with Crippen molar-refractivity contribution in [2.45, 2.75) is 132 Å². The Kier molecular flexibility index (Phi) is 10.1. The second kappa shape index (κ2) is 14.8. The minimum atomic E-state index is -1.17. The third-order valence-corrected chi connectivity index (χ3v) is 14.9. The topological polar surface area (TPSA) is 149 Å². The summed E-state index contributed by atoms with van der Waals surface area (Å²) in [5.74, 6) is -4.38. The first-order chi connectivity index (χ1) is 29.8. The van der Waals surface area contributed by atoms with Crippen molar-refractivity contribution in [2.75, 3.05) is 13.7 Å². The van der Waals surface area contributed by atoms with E-state index in [1.54, 1.807) is 6.92 Å². The molecule has 0 fully saturated rings. The summed E-state index contributed by atoms with van der Waals surface area (Å²) in [7, 11) is 1.32. The minimum absolute atomic E-state index is 0.0152. The molecule has 1 amide bonds. The van der Waals surface area contributed by atoms with Gasteiger partial charge in [0, 0.05) is 55.2 Å². The molecular formula is C50H61N5O8+2. The fraction of sp³-hybridized carbons (Fsp3) is 0.560. The molecule has 0 saturated heterocycles. The van der Waals surface area contributed by atoms with Gasteiger partial charge >= 0.3 is 17.8 Å². The summed E-state index contributed by atoms with van der Waals surface area (Å²) in [5, 5.41) is 4.71. The van der Waals surface area contributed by atoms with Crippen LogP contribution in [0.25, 0.3) is 23.8 Å². The van der Waals surface area contributed by atoms with Crippen molar-refractivity contribution in [1.29, 1.82) is 0 Å². The highest BCUT2D eigenvalue weighted by Crippen LogP contribution is 2.55. The molecule has 0 bridgehead atoms. The second-order valence-corrected chi connectivity index (χ2v) is 19.8. The number of Topliss-reactive ketones (excluding diaryl/α,β-unsaturated/α-hetero) is 3. The van der Waals surface area contributed by atoms with Crippen LogP contribution in [0.5, 0.6) is 0 Å². The van der Waals surface area contributed by atoms with Crippen LogP contribution < -0.4 is 16.0 Å². The molecule has 2 aromatic heterocycles. The van der Waals surface area contributed by atoms with Crippen LogP contribution in [-0.4, -0.2) is 84.2 Å². The van der Waals surface area contributed by atoms with Crippen molar-refractivity contribution < 1.29 is 47.4 Å². The van der Waals surface area contributed by atoms with E-state index in [1.165, 1.54) is 7.11 Å². The lowest BCUT2D eigenvalue weighted by atomic mass is 9.81. The number of nitrogens with zero attached hydrogens (tertiary/aromatic N) is 4. The minimum Gasteiger partial charge on any atom is -0.468 e. The summed E-state index contributed by atoms with van der Waals surface area (Å²) < 4.78 is 20.5. The number of fused-ring (bicyclic) bond motifs is 1. The molecule has 13 nitrogen and oxygen atoms in total. The van der Waals surface area contributed by atoms with Gasteiger partial charge in [-0.2, -0.15) is 9.13 Å². The molecule has 7 aliphatic rings. The summed E-state index contributed by atoms with van der Waals surface area (Å²) in [5.41, 5.74) is 8.77. The zero-order valence-corrected chi connectivity index (χ0v) is 38.6. The van der Waals surface area contributed by atoms with Gasteiger partial charge in [-0.3, -0.25) is 28.8 Å². The summed E-state index contributed by atoms with van der Waals surface area (Å²) in [6.45, 7) is 20.0. The maximum Gasteiger partial charge on any atom is 0.552 e. The van der Waals surface area contributed by atoms with Crippen LogP contribution in [0.4, 0.5) is 0 Å². The molecule has 63 heavy (non-hydrogen) atoms. The van der Waals surface area contributed by atoms with Crippen LogP contribution >= 0.6 is 0 Å². The van der Waals surface area contributed by atoms with Crippen LogP contribution in [0.1, 0.15) is 150 Å². The molecule has 1 unspecified atom stereocenters. The van der Waals surface area contributed by atoms with E-state index < -0.39 is 35.3 Å². The van der Waals surface area contributed by atoms with Gasteiger partial charge in [0.25, 0.3) is 0 Å². The molecule has 2 aromatic rings. The summed E-state index contributed by atoms with van der Waals surface area (Å²) in [4.78, 5) is 82.0. The van der Waals surface area contributed by atoms with Gasteiger partial charge in [-0.1, -0.05) is 36.8 Å². The largest absolute Gasteiger partial charge is 0.552 e. The molecular weight excluding hydrogens is 799 g/mol. The smallest absolute Gasteiger partial charge is 0.468 e. The van der Waals surface area contributed by atoms with E-state index in [1.807, 2.05) is 41.5 Å². The van der Waals surface area contributed by atoms with E-state index in [2.05, 4.69) is 62.6 Å². The number of esters is 2. The number of carbonyl (C=O) groups excluding carboxylic acids is 6. The predicted molar refractivity (Wildman–Crippen MR) is 236 cm³/mol. The lowest BCUT2D eigenvalue weighted by Crippen LogP contribution is -2.70. The third kappa shape index (κ3) is 5.78. The highest BCUT2D eigenvalue weighted by molar-refractivity contribution is 6.34. The van der Waals surface area contributed by atoms with Gasteiger partial charge in [-0.15, -0.1) is 0 Å². The van der Waals surface area contributed by atoms with Crippen molar-refractivity contribution in [1.82, 2.24) is 14.5 Å². The number of hydrogen-bond acceptors (Lipinski definition) is 8. The van der Waals surface area contributed by atoms with E-state index in [-0.39, 0.29) is 59.8 Å². The van der Waals surface area contributed by atoms with E-state index in [9.17, 15) is 28.8 Å². The lowest BCUT2D eigenvalue weighted by molar-refractivity contribution is -0.837. The molecule has 1 aliphatic carbocycles. The van der Waals surface area contributed by atoms with Crippen LogP contribution in [0.3, 0.4) is 0 Å². The number of allylic oxidation sites excluding steroid dienone is 2. The first kappa shape index (κ1) is 42.8. The SMILES string of the molecule is CCCC(=O)C[C@@H](CCCNC(=O)CC[C@@H]1C2=[N+]3C(=Cc4c(C)c(C(C)=O)c5n4[C@]34n3c(c(C)c6c3=C2C(C(=O)OC)C6=O)=CC2=[N+]4C(=C5)[C@H](C)[C@H]2CC)[C@H]1C)C(=O)OC(C)(C)C. The van der Waals surface area contributed by atoms with Crippen molar-refractivity contribution in [2.24, 2.45) is 35.5 Å². The van der Waals surface area contributed by atoms with Crippen LogP contribution in [0.15, 0.2) is 11.4 Å². The Bertz CT molecular complexity index is 2760. The number of hydrogen-bond donors (Lipinski definition) is 1. The summed E-state index contributed by atoms with van der Waals surface area (Å²) in [6.07, 6.45) is 10.3. The van der Waals surface area contributed by atoms with E-state index >= 15 is 0 Å². The number of methoxy groups -OCH3 is 1. The van der Waals surface area contributed by atoms with Crippen molar-refractivity contribution in [3.63, 3.8) is 0 Å². The number of aromatic nitrogens is 2. The Labute approximate surface area is 368 Å². The molecule has 332 valence electrons. The number of amides is 1. The quantitative estimate of drug-likeness (QED) is 0.0854. The maximum atomic E-state index is 14.9. The molecule has 8 heterocycles. The number of ketones is 3. The first-order valence-electron chi connectivity index (χ1n) is 23.0. The first-order valence-corrected chi connectivity index (χ1v) is 23.0. The van der Waals surface area contributed by atoms with Crippen LogP contribution in [0.2, 0.25) is 0 Å². The molecule has 0 aromatic carbocycles. The molecule has 1 N–H and O–H groups in total. The van der Waals surface area contributed by atoms with Gasteiger partial charge < -0.3 is 14.8 Å². The monoisotopic (exact) mass is 859 g/mol. The molecule has 6 aliphatic heterocycles.